The maximum Gasteiger partial charge on any atom is 0.213 e. The second-order valence-corrected chi connectivity index (χ2v) is 7.25. The Morgan fingerprint density at radius 1 is 1.36 bits per heavy atom. The molecule has 4 rings (SSSR count). The maximum absolute atomic E-state index is 6.05. The smallest absolute Gasteiger partial charge is 0.213 e. The van der Waals surface area contributed by atoms with Crippen LogP contribution in [0.5, 0.6) is 0 Å². The summed E-state index contributed by atoms with van der Waals surface area (Å²) in [6.45, 7) is 0.484. The second-order valence-electron chi connectivity index (χ2n) is 5.58. The molecule has 1 unspecified atom stereocenters. The second kappa shape index (κ2) is 8.67. The molecular formula is C17H18Cl2N4OS. The third-order valence-corrected chi connectivity index (χ3v) is 5.29. The molecule has 3 heterocycles. The zero-order chi connectivity index (χ0) is 17.6. The summed E-state index contributed by atoms with van der Waals surface area (Å²) in [7, 11) is 0. The highest BCUT2D eigenvalue weighted by Crippen LogP contribution is 2.35. The fraction of sp³-hybridized carbons (Fsp3) is 0.294. The molecule has 0 saturated carbocycles. The lowest BCUT2D eigenvalue weighted by molar-refractivity contribution is 0.504. The molecule has 3 aromatic heterocycles. The molecule has 1 aliphatic carbocycles. The van der Waals surface area contributed by atoms with Gasteiger partial charge in [0.1, 0.15) is 16.9 Å². The highest BCUT2D eigenvalue weighted by Gasteiger charge is 2.10. The molecule has 5 nitrogen and oxygen atoms in total. The molecule has 1 atom stereocenters. The van der Waals surface area contributed by atoms with Gasteiger partial charge in [-0.15, -0.1) is 11.3 Å². The number of thiophene rings is 1. The van der Waals surface area contributed by atoms with Crippen molar-refractivity contribution in [2.45, 2.75) is 31.8 Å². The maximum atomic E-state index is 6.05. The average Bonchev–Trinajstić information content (AvgIpc) is 3.25. The first kappa shape index (κ1) is 18.2. The molecule has 0 aromatic carbocycles. The van der Waals surface area contributed by atoms with E-state index in [1.54, 1.807) is 12.3 Å². The first-order chi connectivity index (χ1) is 12.1. The summed E-state index contributed by atoms with van der Waals surface area (Å²) in [5, 5.41) is 6.06. The first-order valence-electron chi connectivity index (χ1n) is 7.89. The molecule has 0 spiro atoms. The zero-order valence-corrected chi connectivity index (χ0v) is 15.7. The highest BCUT2D eigenvalue weighted by molar-refractivity contribution is 7.18. The van der Waals surface area contributed by atoms with E-state index in [-0.39, 0.29) is 0 Å². The van der Waals surface area contributed by atoms with Crippen LogP contribution in [0.15, 0.2) is 40.5 Å². The predicted molar refractivity (Wildman–Crippen MR) is 104 cm³/mol. The van der Waals surface area contributed by atoms with Gasteiger partial charge in [0.2, 0.25) is 5.89 Å². The van der Waals surface area contributed by atoms with Crippen LogP contribution in [-0.2, 0) is 6.54 Å². The number of hydrogen-bond donors (Lipinski definition) is 2. The Kier molecular flexibility index (Phi) is 6.31. The van der Waals surface area contributed by atoms with Crippen LogP contribution in [0.2, 0.25) is 10.2 Å². The van der Waals surface area contributed by atoms with E-state index in [2.05, 4.69) is 27.4 Å². The summed E-state index contributed by atoms with van der Waals surface area (Å²) in [5.41, 5.74) is 7.17. The molecule has 25 heavy (non-hydrogen) atoms. The molecule has 0 bridgehead atoms. The number of oxazole rings is 1. The van der Waals surface area contributed by atoms with Crippen molar-refractivity contribution >= 4 is 50.4 Å². The van der Waals surface area contributed by atoms with E-state index in [0.29, 0.717) is 34.2 Å². The van der Waals surface area contributed by atoms with Crippen LogP contribution >= 0.6 is 34.5 Å². The minimum Gasteiger partial charge on any atom is -0.447 e. The van der Waals surface area contributed by atoms with Gasteiger partial charge in [0.15, 0.2) is 0 Å². The van der Waals surface area contributed by atoms with Crippen LogP contribution < -0.4 is 11.1 Å². The summed E-state index contributed by atoms with van der Waals surface area (Å²) in [6, 6.07) is 2.21. The number of nitrogens with two attached hydrogens (primary N) is 1. The molecule has 0 saturated heterocycles. The van der Waals surface area contributed by atoms with Gasteiger partial charge in [0.05, 0.1) is 28.2 Å². The lowest BCUT2D eigenvalue weighted by Crippen LogP contribution is -2.19. The molecule has 0 radical (unpaired) electrons. The zero-order valence-electron chi connectivity index (χ0n) is 13.4. The number of fused-ring (bicyclic) bond motifs is 1. The average molecular weight is 397 g/mol. The normalized spacial score (nSPS) is 16.5. The quantitative estimate of drug-likeness (QED) is 0.466. The van der Waals surface area contributed by atoms with Crippen molar-refractivity contribution in [3.8, 4) is 0 Å². The fourth-order valence-electron chi connectivity index (χ4n) is 2.41. The van der Waals surface area contributed by atoms with Crippen LogP contribution in [0, 0.1) is 0 Å². The Balaban J connectivity index is 0.000000219. The summed E-state index contributed by atoms with van der Waals surface area (Å²) in [4.78, 5) is 8.24. The van der Waals surface area contributed by atoms with E-state index in [1.807, 2.05) is 5.38 Å². The number of halogens is 2. The Morgan fingerprint density at radius 3 is 2.88 bits per heavy atom. The number of nitrogens with zero attached hydrogens (tertiary/aromatic N) is 2. The van der Waals surface area contributed by atoms with Crippen LogP contribution in [0.4, 0.5) is 5.69 Å². The number of anilines is 1. The number of allylic oxidation sites excluding steroid dienone is 1. The first-order valence-corrected chi connectivity index (χ1v) is 9.53. The monoisotopic (exact) mass is 396 g/mol. The van der Waals surface area contributed by atoms with Crippen molar-refractivity contribution in [2.75, 3.05) is 5.32 Å². The fourth-order valence-corrected chi connectivity index (χ4v) is 3.79. The third kappa shape index (κ3) is 4.95. The van der Waals surface area contributed by atoms with Gasteiger partial charge in [-0.3, -0.25) is 0 Å². The summed E-state index contributed by atoms with van der Waals surface area (Å²) >= 11 is 13.5. The topological polar surface area (TPSA) is 77.0 Å². The molecular weight excluding hydrogens is 379 g/mol. The summed E-state index contributed by atoms with van der Waals surface area (Å²) in [6.07, 6.45) is 10.9. The van der Waals surface area contributed by atoms with E-state index in [0.717, 1.165) is 16.8 Å². The van der Waals surface area contributed by atoms with Crippen LogP contribution in [-0.4, -0.2) is 16.0 Å². The molecule has 3 aromatic rings. The van der Waals surface area contributed by atoms with Crippen LogP contribution in [0.3, 0.4) is 0 Å². The molecule has 132 valence electrons. The number of nitrogens with one attached hydrogen (secondary N) is 1. The predicted octanol–water partition coefficient (Wildman–Crippen LogP) is 5.26. The van der Waals surface area contributed by atoms with Crippen molar-refractivity contribution in [3.63, 3.8) is 0 Å². The lowest BCUT2D eigenvalue weighted by atomic mass is 10.0. The van der Waals surface area contributed by atoms with E-state index >= 15 is 0 Å². The minimum absolute atomic E-state index is 0.401. The number of hydrogen-bond acceptors (Lipinski definition) is 6. The van der Waals surface area contributed by atoms with E-state index in [4.69, 9.17) is 33.4 Å². The van der Waals surface area contributed by atoms with Gasteiger partial charge in [0, 0.05) is 17.5 Å². The van der Waals surface area contributed by atoms with Crippen molar-refractivity contribution in [1.29, 1.82) is 0 Å². The van der Waals surface area contributed by atoms with Gasteiger partial charge in [-0.2, -0.15) is 0 Å². The SMILES string of the molecule is Clc1cc(NCc2ncco2)c2scc(Cl)c2n1.NC1CC=CCC1. The standard InChI is InChI=1S/C11H7Cl2N3OS.C6H11N/c12-6-5-18-11-7(3-8(13)16-10(6)11)15-4-9-14-1-2-17-9;7-6-4-2-1-3-5-6/h1-3,5H,4H2,(H,15,16);1-2,6H,3-5,7H2. The van der Waals surface area contributed by atoms with Crippen molar-refractivity contribution < 1.29 is 4.42 Å². The Hall–Kier alpha value is -1.60. The summed E-state index contributed by atoms with van der Waals surface area (Å²) < 4.78 is 6.13. The van der Waals surface area contributed by atoms with Gasteiger partial charge in [0.25, 0.3) is 0 Å². The van der Waals surface area contributed by atoms with Crippen LogP contribution in [0.25, 0.3) is 10.2 Å². The largest absolute Gasteiger partial charge is 0.447 e. The molecule has 3 N–H and O–H groups in total. The lowest BCUT2D eigenvalue weighted by Gasteiger charge is -2.09. The Morgan fingerprint density at radius 2 is 2.24 bits per heavy atom. The van der Waals surface area contributed by atoms with Crippen molar-refractivity contribution in [1.82, 2.24) is 9.97 Å². The highest BCUT2D eigenvalue weighted by atomic mass is 35.5. The molecule has 0 fully saturated rings. The Labute approximate surface area is 159 Å². The number of aromatic nitrogens is 2. The Bertz CT molecular complexity index is 848. The molecule has 1 aliphatic rings. The van der Waals surface area contributed by atoms with Crippen molar-refractivity contribution in [3.05, 3.63) is 52.1 Å². The van der Waals surface area contributed by atoms with Crippen molar-refractivity contribution in [2.24, 2.45) is 5.73 Å². The number of pyridine rings is 1. The summed E-state index contributed by atoms with van der Waals surface area (Å²) in [5.74, 6) is 0.610. The van der Waals surface area contributed by atoms with Gasteiger partial charge in [-0.05, 0) is 19.3 Å². The van der Waals surface area contributed by atoms with Gasteiger partial charge in [-0.25, -0.2) is 9.97 Å². The minimum atomic E-state index is 0.401. The van der Waals surface area contributed by atoms with E-state index in [9.17, 15) is 0 Å². The molecule has 0 amide bonds. The third-order valence-electron chi connectivity index (χ3n) is 3.67. The van der Waals surface area contributed by atoms with E-state index in [1.165, 1.54) is 30.4 Å². The van der Waals surface area contributed by atoms with Gasteiger partial charge < -0.3 is 15.5 Å². The van der Waals surface area contributed by atoms with Gasteiger partial charge in [-0.1, -0.05) is 35.4 Å². The van der Waals surface area contributed by atoms with Crippen LogP contribution in [0.1, 0.15) is 25.2 Å². The molecule has 8 heteroatoms. The number of rotatable bonds is 3. The van der Waals surface area contributed by atoms with E-state index < -0.39 is 0 Å². The van der Waals surface area contributed by atoms with Gasteiger partial charge >= 0.3 is 0 Å². The molecule has 0 aliphatic heterocycles.